The first kappa shape index (κ1) is 16.3. The highest BCUT2D eigenvalue weighted by Crippen LogP contribution is 2.25. The number of carbonyl (C=O) groups excluding carboxylic acids is 2. The first-order valence-corrected chi connectivity index (χ1v) is 9.66. The van der Waals surface area contributed by atoms with E-state index in [0.29, 0.717) is 18.7 Å². The Morgan fingerprint density at radius 2 is 1.96 bits per heavy atom. The molecule has 0 saturated heterocycles. The predicted octanol–water partition coefficient (Wildman–Crippen LogP) is 3.37. The fourth-order valence-corrected chi connectivity index (χ4v) is 4.56. The van der Waals surface area contributed by atoms with Crippen LogP contribution in [0.4, 0.5) is 0 Å². The summed E-state index contributed by atoms with van der Waals surface area (Å²) < 4.78 is 5.45. The van der Waals surface area contributed by atoms with Crippen LogP contribution in [0.15, 0.2) is 29.6 Å². The molecule has 2 heterocycles. The molecule has 1 aromatic heterocycles. The van der Waals surface area contributed by atoms with E-state index in [1.807, 2.05) is 18.2 Å². The molecule has 2 aliphatic rings. The highest BCUT2D eigenvalue weighted by Gasteiger charge is 2.28. The molecule has 1 unspecified atom stereocenters. The van der Waals surface area contributed by atoms with Crippen LogP contribution in [-0.4, -0.2) is 29.4 Å². The van der Waals surface area contributed by atoms with E-state index in [-0.39, 0.29) is 5.91 Å². The van der Waals surface area contributed by atoms with Crippen molar-refractivity contribution < 1.29 is 14.3 Å². The van der Waals surface area contributed by atoms with Crippen LogP contribution in [0.1, 0.15) is 45.3 Å². The van der Waals surface area contributed by atoms with E-state index in [4.69, 9.17) is 4.74 Å². The molecule has 130 valence electrons. The lowest BCUT2D eigenvalue weighted by Crippen LogP contribution is -2.42. The molecule has 0 spiro atoms. The molecule has 1 aliphatic carbocycles. The van der Waals surface area contributed by atoms with Gasteiger partial charge in [0.05, 0.1) is 5.56 Å². The Hall–Kier alpha value is -2.14. The van der Waals surface area contributed by atoms with E-state index < -0.39 is 12.1 Å². The predicted molar refractivity (Wildman–Crippen MR) is 96.8 cm³/mol. The number of ether oxygens (including phenoxy) is 1. The normalized spacial score (nSPS) is 16.9. The van der Waals surface area contributed by atoms with Gasteiger partial charge in [-0.05, 0) is 72.9 Å². The molecule has 0 saturated carbocycles. The number of aryl methyl sites for hydroxylation is 2. The quantitative estimate of drug-likeness (QED) is 0.793. The highest BCUT2D eigenvalue weighted by atomic mass is 32.1. The van der Waals surface area contributed by atoms with Gasteiger partial charge in [-0.25, -0.2) is 4.79 Å². The van der Waals surface area contributed by atoms with Crippen LogP contribution in [0.3, 0.4) is 0 Å². The molecule has 4 nitrogen and oxygen atoms in total. The number of hydrogen-bond donors (Lipinski definition) is 0. The molecule has 1 atom stereocenters. The molecule has 0 radical (unpaired) electrons. The van der Waals surface area contributed by atoms with E-state index in [0.717, 1.165) is 25.7 Å². The lowest BCUT2D eigenvalue weighted by atomic mass is 10.1. The highest BCUT2D eigenvalue weighted by molar-refractivity contribution is 7.10. The molecule has 0 fully saturated rings. The van der Waals surface area contributed by atoms with Gasteiger partial charge in [0, 0.05) is 18.0 Å². The fourth-order valence-electron chi connectivity index (χ4n) is 3.67. The number of benzene rings is 1. The van der Waals surface area contributed by atoms with E-state index >= 15 is 0 Å². The van der Waals surface area contributed by atoms with Crippen molar-refractivity contribution in [1.29, 1.82) is 0 Å². The van der Waals surface area contributed by atoms with Gasteiger partial charge >= 0.3 is 5.97 Å². The van der Waals surface area contributed by atoms with Crippen molar-refractivity contribution in [3.8, 4) is 0 Å². The standard InChI is InChI=1S/C20H21NO3S/c1-13(19(22)21-9-7-18-17(12-21)8-10-25-18)24-20(23)16-6-5-14-3-2-4-15(14)11-16/h5-6,8,10-11,13H,2-4,7,9,12H2,1H3. The molecule has 4 rings (SSSR count). The number of amides is 1. The van der Waals surface area contributed by atoms with Gasteiger partial charge < -0.3 is 9.64 Å². The van der Waals surface area contributed by atoms with Crippen LogP contribution >= 0.6 is 11.3 Å². The second-order valence-corrected chi connectivity index (χ2v) is 7.76. The largest absolute Gasteiger partial charge is 0.449 e. The third-order valence-corrected chi connectivity index (χ3v) is 6.11. The van der Waals surface area contributed by atoms with Gasteiger partial charge in [-0.1, -0.05) is 6.07 Å². The van der Waals surface area contributed by atoms with Gasteiger partial charge in [0.2, 0.25) is 0 Å². The topological polar surface area (TPSA) is 46.6 Å². The van der Waals surface area contributed by atoms with Crippen molar-refractivity contribution in [2.45, 2.75) is 45.3 Å². The van der Waals surface area contributed by atoms with Crippen LogP contribution in [-0.2, 0) is 35.3 Å². The molecule has 2 aromatic rings. The zero-order valence-corrected chi connectivity index (χ0v) is 15.1. The van der Waals surface area contributed by atoms with Crippen molar-refractivity contribution in [3.05, 3.63) is 56.8 Å². The summed E-state index contributed by atoms with van der Waals surface area (Å²) in [6.07, 6.45) is 3.36. The van der Waals surface area contributed by atoms with Crippen LogP contribution in [0.5, 0.6) is 0 Å². The Morgan fingerprint density at radius 3 is 2.84 bits per heavy atom. The summed E-state index contributed by atoms with van der Waals surface area (Å²) in [5.41, 5.74) is 4.30. The number of fused-ring (bicyclic) bond motifs is 2. The molecule has 1 amide bonds. The first-order chi connectivity index (χ1) is 12.1. The van der Waals surface area contributed by atoms with Gasteiger partial charge in [0.25, 0.3) is 5.91 Å². The van der Waals surface area contributed by atoms with Crippen LogP contribution in [0.2, 0.25) is 0 Å². The Labute approximate surface area is 151 Å². The first-order valence-electron chi connectivity index (χ1n) is 8.78. The monoisotopic (exact) mass is 355 g/mol. The summed E-state index contributed by atoms with van der Waals surface area (Å²) >= 11 is 1.74. The van der Waals surface area contributed by atoms with E-state index in [2.05, 4.69) is 11.4 Å². The van der Waals surface area contributed by atoms with Gasteiger partial charge in [-0.2, -0.15) is 0 Å². The minimum Gasteiger partial charge on any atom is -0.449 e. The van der Waals surface area contributed by atoms with E-state index in [9.17, 15) is 9.59 Å². The lowest BCUT2D eigenvalue weighted by molar-refractivity contribution is -0.140. The fraction of sp³-hybridized carbons (Fsp3) is 0.400. The van der Waals surface area contributed by atoms with E-state index in [1.54, 1.807) is 23.2 Å². The summed E-state index contributed by atoms with van der Waals surface area (Å²) in [5.74, 6) is -0.532. The molecule has 0 N–H and O–H groups in total. The SMILES string of the molecule is CC(OC(=O)c1ccc2c(c1)CCC2)C(=O)N1CCc2sccc2C1. The van der Waals surface area contributed by atoms with Crippen molar-refractivity contribution >= 4 is 23.2 Å². The van der Waals surface area contributed by atoms with Crippen molar-refractivity contribution in [2.75, 3.05) is 6.54 Å². The third-order valence-electron chi connectivity index (χ3n) is 5.09. The zero-order valence-electron chi connectivity index (χ0n) is 14.3. The Bertz CT molecular complexity index is 826. The maximum Gasteiger partial charge on any atom is 0.338 e. The summed E-state index contributed by atoms with van der Waals surface area (Å²) in [5, 5.41) is 2.07. The number of nitrogens with zero attached hydrogens (tertiary/aromatic N) is 1. The lowest BCUT2D eigenvalue weighted by Gasteiger charge is -2.29. The Kier molecular flexibility index (Phi) is 4.34. The average molecular weight is 355 g/mol. The number of thiophene rings is 1. The summed E-state index contributed by atoms with van der Waals surface area (Å²) in [7, 11) is 0. The Morgan fingerprint density at radius 1 is 1.12 bits per heavy atom. The molecule has 25 heavy (non-hydrogen) atoms. The number of esters is 1. The minimum absolute atomic E-state index is 0.119. The van der Waals surface area contributed by atoms with Gasteiger partial charge in [0.15, 0.2) is 6.10 Å². The minimum atomic E-state index is -0.763. The smallest absolute Gasteiger partial charge is 0.338 e. The van der Waals surface area contributed by atoms with Gasteiger partial charge in [-0.3, -0.25) is 4.79 Å². The number of rotatable bonds is 3. The number of carbonyl (C=O) groups is 2. The third kappa shape index (κ3) is 3.21. The van der Waals surface area contributed by atoms with Crippen LogP contribution in [0.25, 0.3) is 0 Å². The second kappa shape index (κ2) is 6.64. The van der Waals surface area contributed by atoms with Crippen LogP contribution < -0.4 is 0 Å². The maximum atomic E-state index is 12.6. The van der Waals surface area contributed by atoms with Crippen LogP contribution in [0, 0.1) is 0 Å². The van der Waals surface area contributed by atoms with Crippen molar-refractivity contribution in [2.24, 2.45) is 0 Å². The van der Waals surface area contributed by atoms with Gasteiger partial charge in [0.1, 0.15) is 0 Å². The molecular formula is C20H21NO3S. The summed E-state index contributed by atoms with van der Waals surface area (Å²) in [6, 6.07) is 7.80. The number of hydrogen-bond acceptors (Lipinski definition) is 4. The van der Waals surface area contributed by atoms with Gasteiger partial charge in [-0.15, -0.1) is 11.3 Å². The van der Waals surface area contributed by atoms with Crippen molar-refractivity contribution in [1.82, 2.24) is 4.90 Å². The summed E-state index contributed by atoms with van der Waals surface area (Å²) in [4.78, 5) is 28.2. The molecule has 5 heteroatoms. The molecule has 1 aromatic carbocycles. The molecule has 1 aliphatic heterocycles. The molecular weight excluding hydrogens is 334 g/mol. The molecule has 0 bridgehead atoms. The zero-order chi connectivity index (χ0) is 17.4. The Balaban J connectivity index is 1.40. The second-order valence-electron chi connectivity index (χ2n) is 6.76. The van der Waals surface area contributed by atoms with E-state index in [1.165, 1.54) is 21.6 Å². The van der Waals surface area contributed by atoms with Crippen molar-refractivity contribution in [3.63, 3.8) is 0 Å². The summed E-state index contributed by atoms with van der Waals surface area (Å²) in [6.45, 7) is 2.96. The maximum absolute atomic E-state index is 12.6. The average Bonchev–Trinajstić information content (AvgIpc) is 3.28.